The number of aromatic nitrogens is 2. The van der Waals surface area contributed by atoms with Crippen LogP contribution in [0, 0.1) is 11.8 Å². The molecular weight excluding hydrogens is 352 g/mol. The van der Waals surface area contributed by atoms with Crippen LogP contribution in [-0.4, -0.2) is 21.7 Å². The minimum absolute atomic E-state index is 0.0189. The van der Waals surface area contributed by atoms with Crippen LogP contribution in [0.3, 0.4) is 0 Å². The number of pyridine rings is 1. The lowest BCUT2D eigenvalue weighted by atomic mass is 10.1. The number of amides is 1. The molecule has 0 aliphatic carbocycles. The predicted molar refractivity (Wildman–Crippen MR) is 87.8 cm³/mol. The van der Waals surface area contributed by atoms with Crippen molar-refractivity contribution < 1.29 is 18.4 Å². The number of H-pyrrole nitrogens is 1. The van der Waals surface area contributed by atoms with E-state index in [0.717, 1.165) is 18.3 Å². The molecule has 0 unspecified atom stereocenters. The Morgan fingerprint density at radius 1 is 1.16 bits per heavy atom. The second kappa shape index (κ2) is 6.82. The van der Waals surface area contributed by atoms with Crippen LogP contribution in [0.4, 0.5) is 14.5 Å². The fourth-order valence-electron chi connectivity index (χ4n) is 2.16. The van der Waals surface area contributed by atoms with Crippen LogP contribution in [0.2, 0.25) is 5.02 Å². The van der Waals surface area contributed by atoms with E-state index in [0.29, 0.717) is 0 Å². The number of benzene rings is 1. The fraction of sp³-hybridized carbons (Fsp3) is 0. The van der Waals surface area contributed by atoms with Gasteiger partial charge in [-0.15, -0.1) is 0 Å². The van der Waals surface area contributed by atoms with E-state index in [2.05, 4.69) is 15.3 Å². The number of carbonyl (C=O) groups is 2. The van der Waals surface area contributed by atoms with Crippen molar-refractivity contribution in [3.8, 4) is 0 Å². The van der Waals surface area contributed by atoms with Gasteiger partial charge >= 0.3 is 0 Å². The Kier molecular flexibility index (Phi) is 4.58. The lowest BCUT2D eigenvalue weighted by Crippen LogP contribution is -2.12. The topological polar surface area (TPSA) is 74.8 Å². The molecule has 0 saturated carbocycles. The third-order valence-electron chi connectivity index (χ3n) is 3.36. The number of halogens is 3. The summed E-state index contributed by atoms with van der Waals surface area (Å²) in [5.74, 6) is -2.64. The van der Waals surface area contributed by atoms with Gasteiger partial charge in [0.05, 0.1) is 22.5 Å². The van der Waals surface area contributed by atoms with Crippen LogP contribution in [0.15, 0.2) is 48.8 Å². The molecule has 3 rings (SSSR count). The SMILES string of the molecule is O=C(Nc1ccc(F)nc1)c1cc(C(=O)c2c(F)cccc2Cl)c[nH]1. The molecule has 2 aromatic heterocycles. The largest absolute Gasteiger partial charge is 0.356 e. The van der Waals surface area contributed by atoms with E-state index in [1.807, 2.05) is 0 Å². The quantitative estimate of drug-likeness (QED) is 0.548. The molecule has 0 saturated heterocycles. The molecule has 1 amide bonds. The summed E-state index contributed by atoms with van der Waals surface area (Å²) in [7, 11) is 0. The van der Waals surface area contributed by atoms with Crippen LogP contribution < -0.4 is 5.32 Å². The van der Waals surface area contributed by atoms with Gasteiger partial charge in [-0.2, -0.15) is 4.39 Å². The number of anilines is 1. The van der Waals surface area contributed by atoms with Gasteiger partial charge in [0.1, 0.15) is 11.5 Å². The average molecular weight is 362 g/mol. The molecule has 0 aliphatic rings. The molecule has 0 fully saturated rings. The van der Waals surface area contributed by atoms with Crippen LogP contribution in [0.5, 0.6) is 0 Å². The Balaban J connectivity index is 1.81. The van der Waals surface area contributed by atoms with Crippen molar-refractivity contribution in [3.63, 3.8) is 0 Å². The van der Waals surface area contributed by atoms with E-state index in [1.54, 1.807) is 0 Å². The first kappa shape index (κ1) is 16.8. The van der Waals surface area contributed by atoms with Gasteiger partial charge in [-0.05, 0) is 30.3 Å². The Hall–Kier alpha value is -3.06. The highest BCUT2D eigenvalue weighted by atomic mass is 35.5. The summed E-state index contributed by atoms with van der Waals surface area (Å²) >= 11 is 5.88. The highest BCUT2D eigenvalue weighted by Gasteiger charge is 2.20. The molecule has 8 heteroatoms. The summed E-state index contributed by atoms with van der Waals surface area (Å²) in [5, 5.41) is 2.47. The van der Waals surface area contributed by atoms with Gasteiger partial charge in [0.2, 0.25) is 5.95 Å². The highest BCUT2D eigenvalue weighted by molar-refractivity contribution is 6.35. The van der Waals surface area contributed by atoms with Gasteiger partial charge in [0.25, 0.3) is 5.91 Å². The van der Waals surface area contributed by atoms with Crippen molar-refractivity contribution in [1.82, 2.24) is 9.97 Å². The number of aromatic amines is 1. The van der Waals surface area contributed by atoms with E-state index in [1.165, 1.54) is 30.5 Å². The number of hydrogen-bond donors (Lipinski definition) is 2. The number of nitrogens with zero attached hydrogens (tertiary/aromatic N) is 1. The van der Waals surface area contributed by atoms with Gasteiger partial charge < -0.3 is 10.3 Å². The van der Waals surface area contributed by atoms with Gasteiger partial charge in [-0.25, -0.2) is 9.37 Å². The van der Waals surface area contributed by atoms with E-state index in [4.69, 9.17) is 11.6 Å². The third kappa shape index (κ3) is 3.56. The molecule has 2 heterocycles. The van der Waals surface area contributed by atoms with Crippen LogP contribution in [-0.2, 0) is 0 Å². The minimum Gasteiger partial charge on any atom is -0.356 e. The van der Waals surface area contributed by atoms with E-state index in [9.17, 15) is 18.4 Å². The van der Waals surface area contributed by atoms with Crippen LogP contribution >= 0.6 is 11.6 Å². The Morgan fingerprint density at radius 2 is 1.96 bits per heavy atom. The van der Waals surface area contributed by atoms with Crippen molar-refractivity contribution in [2.75, 3.05) is 5.32 Å². The van der Waals surface area contributed by atoms with Crippen molar-refractivity contribution in [2.45, 2.75) is 0 Å². The first-order valence-electron chi connectivity index (χ1n) is 7.06. The molecule has 1 aromatic carbocycles. The molecule has 0 aliphatic heterocycles. The summed E-state index contributed by atoms with van der Waals surface area (Å²) in [6, 6.07) is 7.63. The zero-order chi connectivity index (χ0) is 18.0. The molecule has 3 aromatic rings. The number of hydrogen-bond acceptors (Lipinski definition) is 3. The fourth-order valence-corrected chi connectivity index (χ4v) is 2.41. The molecule has 5 nitrogen and oxygen atoms in total. The number of nitrogens with one attached hydrogen (secondary N) is 2. The monoisotopic (exact) mass is 361 g/mol. The van der Waals surface area contributed by atoms with Gasteiger partial charge in [-0.3, -0.25) is 9.59 Å². The first-order valence-corrected chi connectivity index (χ1v) is 7.43. The zero-order valence-corrected chi connectivity index (χ0v) is 13.3. The van der Waals surface area contributed by atoms with Gasteiger partial charge in [0, 0.05) is 11.8 Å². The minimum atomic E-state index is -0.748. The second-order valence-electron chi connectivity index (χ2n) is 5.05. The molecular formula is C17H10ClF2N3O2. The Morgan fingerprint density at radius 3 is 2.64 bits per heavy atom. The lowest BCUT2D eigenvalue weighted by Gasteiger charge is -2.03. The van der Waals surface area contributed by atoms with Crippen molar-refractivity contribution in [3.05, 3.63) is 82.4 Å². The standard InChI is InChI=1S/C17H10ClF2N3O2/c18-11-2-1-3-12(19)15(11)16(24)9-6-13(21-7-9)17(25)23-10-4-5-14(20)22-8-10/h1-8,21H,(H,23,25). The molecule has 126 valence electrons. The van der Waals surface area contributed by atoms with E-state index >= 15 is 0 Å². The number of rotatable bonds is 4. The van der Waals surface area contributed by atoms with E-state index < -0.39 is 23.5 Å². The molecule has 0 bridgehead atoms. The maximum Gasteiger partial charge on any atom is 0.272 e. The van der Waals surface area contributed by atoms with Crippen molar-refractivity contribution >= 4 is 29.0 Å². The maximum absolute atomic E-state index is 13.8. The number of ketones is 1. The zero-order valence-electron chi connectivity index (χ0n) is 12.5. The molecule has 25 heavy (non-hydrogen) atoms. The van der Waals surface area contributed by atoms with Crippen LogP contribution in [0.25, 0.3) is 0 Å². The van der Waals surface area contributed by atoms with Crippen molar-refractivity contribution in [2.24, 2.45) is 0 Å². The summed E-state index contributed by atoms with van der Waals surface area (Å²) in [6.45, 7) is 0. The average Bonchev–Trinajstić information content (AvgIpc) is 3.07. The van der Waals surface area contributed by atoms with Gasteiger partial charge in [0.15, 0.2) is 5.78 Å². The second-order valence-corrected chi connectivity index (χ2v) is 5.46. The summed E-state index contributed by atoms with van der Waals surface area (Å²) in [4.78, 5) is 30.6. The molecule has 0 spiro atoms. The smallest absolute Gasteiger partial charge is 0.272 e. The molecule has 2 N–H and O–H groups in total. The first-order chi connectivity index (χ1) is 12.0. The summed E-state index contributed by atoms with van der Waals surface area (Å²) in [6.07, 6.45) is 2.43. The number of carbonyl (C=O) groups excluding carboxylic acids is 2. The summed E-state index contributed by atoms with van der Waals surface area (Å²) < 4.78 is 26.6. The van der Waals surface area contributed by atoms with Crippen molar-refractivity contribution in [1.29, 1.82) is 0 Å². The Bertz CT molecular complexity index is 935. The van der Waals surface area contributed by atoms with Gasteiger partial charge in [-0.1, -0.05) is 17.7 Å². The normalized spacial score (nSPS) is 10.5. The summed E-state index contributed by atoms with van der Waals surface area (Å²) in [5.41, 5.74) is 0.165. The highest BCUT2D eigenvalue weighted by Crippen LogP contribution is 2.23. The van der Waals surface area contributed by atoms with Crippen LogP contribution in [0.1, 0.15) is 26.4 Å². The third-order valence-corrected chi connectivity index (χ3v) is 3.68. The van der Waals surface area contributed by atoms with E-state index in [-0.39, 0.29) is 27.5 Å². The molecule has 0 atom stereocenters. The lowest BCUT2D eigenvalue weighted by molar-refractivity contribution is 0.102. The predicted octanol–water partition coefficient (Wildman–Crippen LogP) is 3.82. The Labute approximate surface area is 145 Å². The molecule has 0 radical (unpaired) electrons. The maximum atomic E-state index is 13.8.